The van der Waals surface area contributed by atoms with Crippen molar-refractivity contribution in [3.05, 3.63) is 12.2 Å². The molecule has 0 aromatic heterocycles. The maximum absolute atomic E-state index is 10.2. The van der Waals surface area contributed by atoms with Crippen molar-refractivity contribution >= 4 is 9.47 Å². The van der Waals surface area contributed by atoms with Gasteiger partial charge in [0.15, 0.2) is 5.79 Å². The van der Waals surface area contributed by atoms with Crippen LogP contribution in [-0.2, 0) is 14.0 Å². The summed E-state index contributed by atoms with van der Waals surface area (Å²) in [5, 5.41) is 10.2. The number of fused-ring (bicyclic) bond motifs is 1. The predicted molar refractivity (Wildman–Crippen MR) is 53.6 cm³/mol. The zero-order chi connectivity index (χ0) is 10.4. The fourth-order valence-electron chi connectivity index (χ4n) is 1.94. The number of aliphatic hydroxyl groups is 1. The van der Waals surface area contributed by atoms with E-state index in [0.29, 0.717) is 0 Å². The van der Waals surface area contributed by atoms with Gasteiger partial charge < -0.3 is 19.1 Å². The van der Waals surface area contributed by atoms with Crippen LogP contribution in [0.1, 0.15) is 13.8 Å². The van der Waals surface area contributed by atoms with Crippen LogP contribution in [0.3, 0.4) is 0 Å². The molecule has 0 bridgehead atoms. The van der Waals surface area contributed by atoms with Gasteiger partial charge in [-0.15, -0.1) is 0 Å². The molecule has 0 spiro atoms. The van der Waals surface area contributed by atoms with E-state index in [-0.39, 0.29) is 18.8 Å². The van der Waals surface area contributed by atoms with Crippen molar-refractivity contribution in [1.82, 2.24) is 0 Å². The first kappa shape index (κ1) is 10.5. The summed E-state index contributed by atoms with van der Waals surface area (Å²) in [5.74, 6) is -0.630. The Hall–Kier alpha value is 0.01000. The van der Waals surface area contributed by atoms with E-state index in [9.17, 15) is 5.11 Å². The third-order valence-electron chi connectivity index (χ3n) is 2.51. The van der Waals surface area contributed by atoms with Gasteiger partial charge in [-0.1, -0.05) is 6.08 Å². The summed E-state index contributed by atoms with van der Waals surface area (Å²) in [5.41, 5.74) is -1.07. The Labute approximate surface area is 85.5 Å². The van der Waals surface area contributed by atoms with Crippen LogP contribution in [0.2, 0.25) is 0 Å². The first-order valence-corrected chi connectivity index (χ1v) is 5.03. The Morgan fingerprint density at radius 3 is 2.86 bits per heavy atom. The maximum Gasteiger partial charge on any atom is 0.164 e. The van der Waals surface area contributed by atoms with E-state index in [1.807, 2.05) is 19.9 Å². The average molecular weight is 218 g/mol. The summed E-state index contributed by atoms with van der Waals surface area (Å²) in [7, 11) is 2.12. The van der Waals surface area contributed by atoms with Crippen molar-refractivity contribution < 1.29 is 19.1 Å². The summed E-state index contributed by atoms with van der Waals surface area (Å²) >= 11 is 0. The number of hydrogen-bond donors (Lipinski definition) is 1. The molecule has 4 nitrogen and oxygen atoms in total. The first-order chi connectivity index (χ1) is 6.47. The van der Waals surface area contributed by atoms with Gasteiger partial charge in [0.2, 0.25) is 0 Å². The van der Waals surface area contributed by atoms with Gasteiger partial charge >= 0.3 is 0 Å². The topological polar surface area (TPSA) is 47.9 Å². The predicted octanol–water partition coefficient (Wildman–Crippen LogP) is 0.614. The van der Waals surface area contributed by atoms with Crippen LogP contribution < -0.4 is 0 Å². The van der Waals surface area contributed by atoms with E-state index in [1.165, 1.54) is 0 Å². The number of ether oxygens (including phenoxy) is 2. The van der Waals surface area contributed by atoms with Crippen LogP contribution in [0.5, 0.6) is 0 Å². The summed E-state index contributed by atoms with van der Waals surface area (Å²) in [6.45, 7) is 3.86. The molecular weight excluding hydrogens is 203 g/mol. The molecular formula is C9H15O4P. The van der Waals surface area contributed by atoms with Crippen LogP contribution in [0, 0.1) is 0 Å². The van der Waals surface area contributed by atoms with E-state index in [1.54, 1.807) is 6.08 Å². The minimum Gasteiger partial charge on any atom is -0.380 e. The van der Waals surface area contributed by atoms with Gasteiger partial charge in [0.05, 0.1) is 6.61 Å². The van der Waals surface area contributed by atoms with Crippen LogP contribution >= 0.6 is 9.47 Å². The fraction of sp³-hybridized carbons (Fsp3) is 0.778. The molecule has 14 heavy (non-hydrogen) atoms. The van der Waals surface area contributed by atoms with Crippen LogP contribution in [0.25, 0.3) is 0 Å². The molecule has 1 saturated heterocycles. The van der Waals surface area contributed by atoms with E-state index in [0.717, 1.165) is 0 Å². The van der Waals surface area contributed by atoms with Gasteiger partial charge in [-0.3, -0.25) is 0 Å². The minimum atomic E-state index is -1.07. The smallest absolute Gasteiger partial charge is 0.164 e. The normalized spacial score (nSPS) is 44.3. The molecule has 2 rings (SSSR count). The average Bonchev–Trinajstić information content (AvgIpc) is 2.50. The van der Waals surface area contributed by atoms with Crippen molar-refractivity contribution in [2.45, 2.75) is 37.4 Å². The second-order valence-electron chi connectivity index (χ2n) is 4.18. The summed E-state index contributed by atoms with van der Waals surface area (Å²) in [4.78, 5) is 0. The summed E-state index contributed by atoms with van der Waals surface area (Å²) < 4.78 is 16.1. The third kappa shape index (κ3) is 1.62. The number of rotatable bonds is 2. The first-order valence-electron chi connectivity index (χ1n) is 4.56. The molecule has 4 atom stereocenters. The van der Waals surface area contributed by atoms with Crippen LogP contribution in [0.15, 0.2) is 12.2 Å². The minimum absolute atomic E-state index is 0.171. The highest BCUT2D eigenvalue weighted by Gasteiger charge is 2.53. The van der Waals surface area contributed by atoms with Crippen LogP contribution in [-0.4, -0.2) is 35.3 Å². The van der Waals surface area contributed by atoms with Gasteiger partial charge in [0, 0.05) is 9.47 Å². The van der Waals surface area contributed by atoms with Crippen molar-refractivity contribution in [1.29, 1.82) is 0 Å². The molecule has 5 heteroatoms. The zero-order valence-corrected chi connectivity index (χ0v) is 9.42. The molecule has 0 radical (unpaired) electrons. The van der Waals surface area contributed by atoms with Crippen molar-refractivity contribution in [3.63, 3.8) is 0 Å². The molecule has 1 unspecified atom stereocenters. The van der Waals surface area contributed by atoms with Gasteiger partial charge in [-0.25, -0.2) is 0 Å². The molecule has 80 valence electrons. The second kappa shape index (κ2) is 3.26. The molecule has 0 aromatic carbocycles. The Morgan fingerprint density at radius 2 is 2.21 bits per heavy atom. The SMILES string of the molecule is CC1(C)O[C@H]2C=C[C@@](O)(COP)[C@H]2O1. The quantitative estimate of drug-likeness (QED) is 0.545. The molecule has 1 aliphatic carbocycles. The van der Waals surface area contributed by atoms with Crippen molar-refractivity contribution in [2.75, 3.05) is 6.61 Å². The highest BCUT2D eigenvalue weighted by atomic mass is 31.0. The second-order valence-corrected chi connectivity index (χ2v) is 4.52. The van der Waals surface area contributed by atoms with E-state index < -0.39 is 11.4 Å². The lowest BCUT2D eigenvalue weighted by atomic mass is 10.0. The molecule has 1 heterocycles. The monoisotopic (exact) mass is 218 g/mol. The van der Waals surface area contributed by atoms with Crippen LogP contribution in [0.4, 0.5) is 0 Å². The Kier molecular flexibility index (Phi) is 2.45. The van der Waals surface area contributed by atoms with Gasteiger partial charge in [0.1, 0.15) is 17.8 Å². The lowest BCUT2D eigenvalue weighted by Crippen LogP contribution is -2.45. The molecule has 1 fully saturated rings. The highest BCUT2D eigenvalue weighted by Crippen LogP contribution is 2.39. The lowest BCUT2D eigenvalue weighted by molar-refractivity contribution is -0.167. The summed E-state index contributed by atoms with van der Waals surface area (Å²) in [6.07, 6.45) is 2.97. The van der Waals surface area contributed by atoms with E-state index in [2.05, 4.69) is 9.47 Å². The number of hydrogen-bond acceptors (Lipinski definition) is 4. The van der Waals surface area contributed by atoms with Crippen molar-refractivity contribution in [3.8, 4) is 0 Å². The third-order valence-corrected chi connectivity index (χ3v) is 2.68. The maximum atomic E-state index is 10.2. The molecule has 0 saturated carbocycles. The lowest BCUT2D eigenvalue weighted by Gasteiger charge is -2.27. The largest absolute Gasteiger partial charge is 0.380 e. The molecule has 0 amide bonds. The van der Waals surface area contributed by atoms with Gasteiger partial charge in [-0.2, -0.15) is 0 Å². The molecule has 0 aromatic rings. The van der Waals surface area contributed by atoms with Gasteiger partial charge in [-0.05, 0) is 19.9 Å². The van der Waals surface area contributed by atoms with E-state index in [4.69, 9.17) is 14.0 Å². The molecule has 1 aliphatic heterocycles. The fourth-order valence-corrected chi connectivity index (χ4v) is 2.20. The van der Waals surface area contributed by atoms with Gasteiger partial charge in [0.25, 0.3) is 0 Å². The Morgan fingerprint density at radius 1 is 1.50 bits per heavy atom. The standard InChI is InChI=1S/C9H15O4P/c1-8(2)12-6-3-4-9(10,5-11-14)7(6)13-8/h3-4,6-7,10H,5,14H2,1-2H3/t6-,7-,9+/m0/s1. The molecule has 1 N–H and O–H groups in total. The Bertz CT molecular complexity index is 266. The van der Waals surface area contributed by atoms with E-state index >= 15 is 0 Å². The summed E-state index contributed by atoms with van der Waals surface area (Å²) in [6, 6.07) is 0. The zero-order valence-electron chi connectivity index (χ0n) is 8.27. The molecule has 2 aliphatic rings. The van der Waals surface area contributed by atoms with Crippen molar-refractivity contribution in [2.24, 2.45) is 0 Å². The highest BCUT2D eigenvalue weighted by molar-refractivity contribution is 7.09. The Balaban J connectivity index is 2.16.